The van der Waals surface area contributed by atoms with E-state index in [0.29, 0.717) is 29.6 Å². The van der Waals surface area contributed by atoms with Crippen molar-refractivity contribution in [3.63, 3.8) is 0 Å². The first-order valence-corrected chi connectivity index (χ1v) is 9.35. The lowest BCUT2D eigenvalue weighted by atomic mass is 9.65. The Morgan fingerprint density at radius 1 is 0.929 bits per heavy atom. The predicted molar refractivity (Wildman–Crippen MR) is 104 cm³/mol. The van der Waals surface area contributed by atoms with Crippen molar-refractivity contribution in [1.29, 1.82) is 0 Å². The third kappa shape index (κ3) is 2.55. The van der Waals surface area contributed by atoms with Gasteiger partial charge in [-0.3, -0.25) is 0 Å². The number of ether oxygens (including phenoxy) is 5. The minimum absolute atomic E-state index is 0.0345. The van der Waals surface area contributed by atoms with Crippen LogP contribution < -0.4 is 18.9 Å². The van der Waals surface area contributed by atoms with Crippen LogP contribution in [0.4, 0.5) is 0 Å². The average Bonchev–Trinajstić information content (AvgIpc) is 3.03. The molecule has 0 radical (unpaired) electrons. The predicted octanol–water partition coefficient (Wildman–Crippen LogP) is 2.78. The smallest absolute Gasteiger partial charge is 0.161 e. The van der Waals surface area contributed by atoms with E-state index in [2.05, 4.69) is 0 Å². The van der Waals surface area contributed by atoms with Crippen LogP contribution in [0, 0.1) is 11.8 Å². The first kappa shape index (κ1) is 18.9. The topological polar surface area (TPSA) is 66.4 Å². The maximum atomic E-state index is 10.3. The van der Waals surface area contributed by atoms with E-state index in [4.69, 9.17) is 23.7 Å². The van der Waals surface area contributed by atoms with Gasteiger partial charge in [0.1, 0.15) is 5.60 Å². The molecule has 0 spiro atoms. The highest BCUT2D eigenvalue weighted by Gasteiger charge is 2.56. The molecule has 2 aliphatic rings. The normalized spacial score (nSPS) is 25.2. The molecule has 1 aliphatic carbocycles. The summed E-state index contributed by atoms with van der Waals surface area (Å²) in [6.07, 6.45) is 0.829. The Morgan fingerprint density at radius 3 is 2.21 bits per heavy atom. The van der Waals surface area contributed by atoms with Gasteiger partial charge >= 0.3 is 0 Å². The highest BCUT2D eigenvalue weighted by atomic mass is 16.5. The van der Waals surface area contributed by atoms with Crippen molar-refractivity contribution in [3.8, 4) is 23.0 Å². The molecule has 0 unspecified atom stereocenters. The lowest BCUT2D eigenvalue weighted by Gasteiger charge is -2.41. The van der Waals surface area contributed by atoms with Crippen molar-refractivity contribution < 1.29 is 28.8 Å². The Morgan fingerprint density at radius 2 is 1.57 bits per heavy atom. The molecule has 0 saturated carbocycles. The van der Waals surface area contributed by atoms with Crippen molar-refractivity contribution in [2.24, 2.45) is 11.8 Å². The van der Waals surface area contributed by atoms with E-state index in [1.165, 1.54) is 0 Å². The second-order valence-corrected chi connectivity index (χ2v) is 7.23. The maximum absolute atomic E-state index is 10.3. The first-order chi connectivity index (χ1) is 13.6. The fraction of sp³-hybridized carbons (Fsp3) is 0.455. The molecule has 0 aromatic heterocycles. The van der Waals surface area contributed by atoms with E-state index in [9.17, 15) is 5.11 Å². The van der Waals surface area contributed by atoms with Crippen LogP contribution in [-0.2, 0) is 16.8 Å². The molecule has 6 heteroatoms. The van der Waals surface area contributed by atoms with Gasteiger partial charge in [0.2, 0.25) is 0 Å². The Bertz CT molecular complexity index is 880. The molecule has 150 valence electrons. The van der Waals surface area contributed by atoms with Gasteiger partial charge in [-0.05, 0) is 53.3 Å². The zero-order valence-corrected chi connectivity index (χ0v) is 16.7. The molecule has 2 aromatic carbocycles. The molecule has 1 heterocycles. The van der Waals surface area contributed by atoms with Gasteiger partial charge in [0.05, 0.1) is 35.0 Å². The summed E-state index contributed by atoms with van der Waals surface area (Å²) in [5, 5.41) is 10.3. The molecule has 4 rings (SSSR count). The molecule has 1 N–H and O–H groups in total. The number of rotatable bonds is 6. The summed E-state index contributed by atoms with van der Waals surface area (Å²) >= 11 is 0. The zero-order chi connectivity index (χ0) is 19.9. The fourth-order valence-corrected chi connectivity index (χ4v) is 4.79. The Kier molecular flexibility index (Phi) is 4.85. The molecule has 0 amide bonds. The number of methoxy groups -OCH3 is 4. The zero-order valence-electron chi connectivity index (χ0n) is 16.7. The lowest BCUT2D eigenvalue weighted by Crippen LogP contribution is -2.42. The van der Waals surface area contributed by atoms with E-state index >= 15 is 0 Å². The summed E-state index contributed by atoms with van der Waals surface area (Å²) in [6.45, 7) is 0.617. The summed E-state index contributed by atoms with van der Waals surface area (Å²) in [7, 11) is 6.49. The van der Waals surface area contributed by atoms with Crippen molar-refractivity contribution in [2.45, 2.75) is 12.0 Å². The monoisotopic (exact) mass is 386 g/mol. The second kappa shape index (κ2) is 7.18. The molecule has 1 saturated heterocycles. The molecule has 2 bridgehead atoms. The largest absolute Gasteiger partial charge is 0.493 e. The van der Waals surface area contributed by atoms with Gasteiger partial charge in [0.15, 0.2) is 23.0 Å². The number of benzene rings is 2. The van der Waals surface area contributed by atoms with Gasteiger partial charge in [0.25, 0.3) is 0 Å². The summed E-state index contributed by atoms with van der Waals surface area (Å²) in [6, 6.07) is 9.81. The van der Waals surface area contributed by atoms with Crippen LogP contribution in [0.3, 0.4) is 0 Å². The standard InChI is InChI=1S/C22H26O6/c1-24-18-6-5-15(9-20(18)26-3)22-16-10-21(27-4)19(25-2)8-13(16)7-14(12-28-22)17(22)11-23/h5-6,8-10,14,17,23H,7,11-12H2,1-4H3/t14-,17-,22-/m0/s1. The second-order valence-electron chi connectivity index (χ2n) is 7.23. The molecule has 1 aliphatic heterocycles. The van der Waals surface area contributed by atoms with Crippen molar-refractivity contribution in [1.82, 2.24) is 0 Å². The molecule has 1 fully saturated rings. The minimum atomic E-state index is -0.772. The number of hydrogen-bond acceptors (Lipinski definition) is 6. The lowest BCUT2D eigenvalue weighted by molar-refractivity contribution is -0.00713. The Balaban J connectivity index is 1.96. The molecule has 3 atom stereocenters. The fourth-order valence-electron chi connectivity index (χ4n) is 4.79. The number of aliphatic hydroxyl groups is 1. The summed E-state index contributed by atoms with van der Waals surface area (Å²) < 4.78 is 28.4. The van der Waals surface area contributed by atoms with Crippen LogP contribution in [0.15, 0.2) is 30.3 Å². The van der Waals surface area contributed by atoms with Crippen LogP contribution in [0.25, 0.3) is 0 Å². The summed E-state index contributed by atoms with van der Waals surface area (Å²) in [4.78, 5) is 0. The van der Waals surface area contributed by atoms with Crippen LogP contribution in [0.2, 0.25) is 0 Å². The van der Waals surface area contributed by atoms with Gasteiger partial charge in [-0.2, -0.15) is 0 Å². The van der Waals surface area contributed by atoms with Gasteiger partial charge < -0.3 is 28.8 Å². The van der Waals surface area contributed by atoms with Gasteiger partial charge in [0, 0.05) is 12.5 Å². The molecule has 2 aromatic rings. The highest BCUT2D eigenvalue weighted by molar-refractivity contribution is 5.56. The van der Waals surface area contributed by atoms with E-state index < -0.39 is 5.60 Å². The number of hydrogen-bond donors (Lipinski definition) is 1. The van der Waals surface area contributed by atoms with Crippen LogP contribution >= 0.6 is 0 Å². The quantitative estimate of drug-likeness (QED) is 0.824. The van der Waals surface area contributed by atoms with Crippen LogP contribution in [-0.4, -0.2) is 46.8 Å². The molecule has 6 nitrogen and oxygen atoms in total. The van der Waals surface area contributed by atoms with E-state index in [0.717, 1.165) is 23.1 Å². The third-order valence-corrected chi connectivity index (χ3v) is 6.12. The van der Waals surface area contributed by atoms with Crippen LogP contribution in [0.5, 0.6) is 23.0 Å². The van der Waals surface area contributed by atoms with Gasteiger partial charge in [-0.1, -0.05) is 6.07 Å². The van der Waals surface area contributed by atoms with E-state index in [1.54, 1.807) is 28.4 Å². The van der Waals surface area contributed by atoms with Gasteiger partial charge in [-0.25, -0.2) is 0 Å². The van der Waals surface area contributed by atoms with Crippen molar-refractivity contribution in [2.75, 3.05) is 41.7 Å². The number of aliphatic hydroxyl groups excluding tert-OH is 1. The molecular weight excluding hydrogens is 360 g/mol. The highest BCUT2D eigenvalue weighted by Crippen LogP contribution is 2.56. The summed E-state index contributed by atoms with van der Waals surface area (Å²) in [5.41, 5.74) is 2.32. The van der Waals surface area contributed by atoms with Gasteiger partial charge in [-0.15, -0.1) is 0 Å². The Hall–Kier alpha value is -2.44. The number of fused-ring (bicyclic) bond motifs is 4. The third-order valence-electron chi connectivity index (χ3n) is 6.12. The van der Waals surface area contributed by atoms with E-state index in [1.807, 2.05) is 30.3 Å². The van der Waals surface area contributed by atoms with Crippen molar-refractivity contribution >= 4 is 0 Å². The summed E-state index contributed by atoms with van der Waals surface area (Å²) in [5.74, 6) is 2.80. The maximum Gasteiger partial charge on any atom is 0.161 e. The molecular formula is C22H26O6. The average molecular weight is 386 g/mol. The van der Waals surface area contributed by atoms with E-state index in [-0.39, 0.29) is 18.4 Å². The molecule has 28 heavy (non-hydrogen) atoms. The van der Waals surface area contributed by atoms with Crippen molar-refractivity contribution in [3.05, 3.63) is 47.0 Å². The Labute approximate surface area is 164 Å². The minimum Gasteiger partial charge on any atom is -0.493 e. The first-order valence-electron chi connectivity index (χ1n) is 9.35. The van der Waals surface area contributed by atoms with Crippen LogP contribution in [0.1, 0.15) is 16.7 Å². The SMILES string of the molecule is COc1ccc([C@]23OC[C@H](Cc4cc(OC)c(OC)cc42)[C@@H]3CO)cc1OC.